The van der Waals surface area contributed by atoms with Gasteiger partial charge >= 0.3 is 0 Å². The molecule has 3 rings (SSSR count). The molecule has 0 aliphatic carbocycles. The van der Waals surface area contributed by atoms with Gasteiger partial charge in [0, 0.05) is 15.5 Å². The predicted molar refractivity (Wildman–Crippen MR) is 98.7 cm³/mol. The molecule has 0 radical (unpaired) electrons. The lowest BCUT2D eigenvalue weighted by Crippen LogP contribution is -2.35. The lowest BCUT2D eigenvalue weighted by Gasteiger charge is -2.33. The standard InChI is InChI=1S/C19H21BrOS/c1-2-6-18-19(22-13-14-7-4-3-5-8-14)12-15-11-16(20)9-10-17(15)21-18/h3-5,7-11,18-19H,2,6,12-13H2,1H3/t18-,19-/m1/s1. The maximum absolute atomic E-state index is 6.29. The molecule has 1 aliphatic heterocycles. The number of halogens is 1. The quantitative estimate of drug-likeness (QED) is 0.646. The van der Waals surface area contributed by atoms with E-state index >= 15 is 0 Å². The molecule has 0 fully saturated rings. The summed E-state index contributed by atoms with van der Waals surface area (Å²) >= 11 is 5.60. The van der Waals surface area contributed by atoms with Crippen LogP contribution in [0.3, 0.4) is 0 Å². The van der Waals surface area contributed by atoms with Gasteiger partial charge in [-0.3, -0.25) is 0 Å². The van der Waals surface area contributed by atoms with Crippen LogP contribution in [0.4, 0.5) is 0 Å². The third-order valence-corrected chi connectivity index (χ3v) is 5.91. The van der Waals surface area contributed by atoms with Gasteiger partial charge < -0.3 is 4.74 Å². The molecule has 0 spiro atoms. The highest BCUT2D eigenvalue weighted by atomic mass is 79.9. The first-order chi connectivity index (χ1) is 10.8. The van der Waals surface area contributed by atoms with Gasteiger partial charge in [0.15, 0.2) is 0 Å². The lowest BCUT2D eigenvalue weighted by molar-refractivity contribution is 0.169. The average Bonchev–Trinajstić information content (AvgIpc) is 2.54. The number of thioether (sulfide) groups is 1. The highest BCUT2D eigenvalue weighted by Gasteiger charge is 2.29. The molecule has 1 nitrogen and oxygen atoms in total. The third kappa shape index (κ3) is 3.88. The van der Waals surface area contributed by atoms with E-state index in [1.54, 1.807) is 0 Å². The second-order valence-electron chi connectivity index (χ2n) is 5.74. The lowest BCUT2D eigenvalue weighted by atomic mass is 9.99. The molecule has 0 saturated carbocycles. The minimum atomic E-state index is 0.326. The number of hydrogen-bond donors (Lipinski definition) is 0. The minimum absolute atomic E-state index is 0.326. The van der Waals surface area contributed by atoms with Gasteiger partial charge in [0.1, 0.15) is 11.9 Å². The van der Waals surface area contributed by atoms with E-state index in [9.17, 15) is 0 Å². The van der Waals surface area contributed by atoms with E-state index in [-0.39, 0.29) is 0 Å². The Balaban J connectivity index is 1.73. The largest absolute Gasteiger partial charge is 0.489 e. The molecule has 0 N–H and O–H groups in total. The fourth-order valence-corrected chi connectivity index (χ4v) is 4.59. The first-order valence-electron chi connectivity index (χ1n) is 7.87. The van der Waals surface area contributed by atoms with Crippen LogP contribution in [0.25, 0.3) is 0 Å². The summed E-state index contributed by atoms with van der Waals surface area (Å²) in [5.41, 5.74) is 2.72. The summed E-state index contributed by atoms with van der Waals surface area (Å²) in [6, 6.07) is 17.1. The predicted octanol–water partition coefficient (Wildman–Crippen LogP) is 5.85. The smallest absolute Gasteiger partial charge is 0.123 e. The van der Waals surface area contributed by atoms with Crippen molar-refractivity contribution in [2.24, 2.45) is 0 Å². The average molecular weight is 377 g/mol. The van der Waals surface area contributed by atoms with E-state index in [0.717, 1.165) is 28.8 Å². The van der Waals surface area contributed by atoms with Crippen molar-refractivity contribution in [3.63, 3.8) is 0 Å². The van der Waals surface area contributed by atoms with E-state index in [2.05, 4.69) is 71.4 Å². The minimum Gasteiger partial charge on any atom is -0.489 e. The van der Waals surface area contributed by atoms with Gasteiger partial charge in [-0.2, -0.15) is 0 Å². The number of ether oxygens (including phenoxy) is 1. The van der Waals surface area contributed by atoms with Crippen LogP contribution < -0.4 is 4.74 Å². The molecule has 2 aromatic rings. The van der Waals surface area contributed by atoms with Crippen LogP contribution in [0, 0.1) is 0 Å². The van der Waals surface area contributed by atoms with Crippen molar-refractivity contribution in [2.45, 2.75) is 43.3 Å². The SMILES string of the molecule is CCC[C@H]1Oc2ccc(Br)cc2C[C@H]1SCc1ccccc1. The summed E-state index contributed by atoms with van der Waals surface area (Å²) in [4.78, 5) is 0. The van der Waals surface area contributed by atoms with E-state index in [0.29, 0.717) is 11.4 Å². The Kier molecular flexibility index (Phi) is 5.48. The van der Waals surface area contributed by atoms with Crippen LogP contribution in [0.5, 0.6) is 5.75 Å². The highest BCUT2D eigenvalue weighted by molar-refractivity contribution is 9.10. The molecule has 2 aromatic carbocycles. The van der Waals surface area contributed by atoms with Crippen LogP contribution in [0.2, 0.25) is 0 Å². The number of rotatable bonds is 5. The topological polar surface area (TPSA) is 9.23 Å². The van der Waals surface area contributed by atoms with Gasteiger partial charge in [0.25, 0.3) is 0 Å². The van der Waals surface area contributed by atoms with Crippen molar-refractivity contribution >= 4 is 27.7 Å². The molecule has 22 heavy (non-hydrogen) atoms. The van der Waals surface area contributed by atoms with Crippen LogP contribution in [0.15, 0.2) is 53.0 Å². The summed E-state index contributed by atoms with van der Waals surface area (Å²) in [5, 5.41) is 0.530. The van der Waals surface area contributed by atoms with E-state index in [4.69, 9.17) is 4.74 Å². The fraction of sp³-hybridized carbons (Fsp3) is 0.368. The Morgan fingerprint density at radius 2 is 2.00 bits per heavy atom. The molecule has 0 bridgehead atoms. The van der Waals surface area contributed by atoms with Crippen molar-refractivity contribution in [3.8, 4) is 5.75 Å². The van der Waals surface area contributed by atoms with Gasteiger partial charge in [0.2, 0.25) is 0 Å². The maximum Gasteiger partial charge on any atom is 0.123 e. The van der Waals surface area contributed by atoms with E-state index in [1.807, 2.05) is 11.8 Å². The number of hydrogen-bond acceptors (Lipinski definition) is 2. The number of benzene rings is 2. The Bertz CT molecular complexity index is 614. The summed E-state index contributed by atoms with van der Waals surface area (Å²) in [5.74, 6) is 2.12. The van der Waals surface area contributed by atoms with Gasteiger partial charge in [-0.1, -0.05) is 59.6 Å². The second kappa shape index (κ2) is 7.56. The summed E-state index contributed by atoms with van der Waals surface area (Å²) < 4.78 is 7.42. The summed E-state index contributed by atoms with van der Waals surface area (Å²) in [7, 11) is 0. The first kappa shape index (κ1) is 15.9. The zero-order valence-electron chi connectivity index (χ0n) is 12.8. The Labute approximate surface area is 145 Å². The second-order valence-corrected chi connectivity index (χ2v) is 7.88. The zero-order valence-corrected chi connectivity index (χ0v) is 15.2. The molecule has 116 valence electrons. The van der Waals surface area contributed by atoms with Gasteiger partial charge in [-0.15, -0.1) is 11.8 Å². The molecule has 0 unspecified atom stereocenters. The molecule has 0 saturated heterocycles. The summed E-state index contributed by atoms with van der Waals surface area (Å²) in [6.07, 6.45) is 3.71. The molecule has 2 atom stereocenters. The van der Waals surface area contributed by atoms with E-state index in [1.165, 1.54) is 17.5 Å². The van der Waals surface area contributed by atoms with Gasteiger partial charge in [0.05, 0.1) is 0 Å². The van der Waals surface area contributed by atoms with Crippen LogP contribution in [-0.4, -0.2) is 11.4 Å². The fourth-order valence-electron chi connectivity index (χ4n) is 2.88. The molecular formula is C19H21BrOS. The van der Waals surface area contributed by atoms with Crippen LogP contribution in [-0.2, 0) is 12.2 Å². The van der Waals surface area contributed by atoms with Crippen molar-refractivity contribution in [1.82, 2.24) is 0 Å². The highest BCUT2D eigenvalue weighted by Crippen LogP contribution is 2.37. The van der Waals surface area contributed by atoms with Crippen LogP contribution >= 0.6 is 27.7 Å². The Morgan fingerprint density at radius 1 is 1.18 bits per heavy atom. The van der Waals surface area contributed by atoms with Crippen molar-refractivity contribution in [3.05, 3.63) is 64.1 Å². The number of fused-ring (bicyclic) bond motifs is 1. The first-order valence-corrected chi connectivity index (χ1v) is 9.71. The normalized spacial score (nSPS) is 20.3. The Hall–Kier alpha value is -0.930. The van der Waals surface area contributed by atoms with E-state index < -0.39 is 0 Å². The molecule has 0 aromatic heterocycles. The van der Waals surface area contributed by atoms with Crippen molar-refractivity contribution < 1.29 is 4.74 Å². The van der Waals surface area contributed by atoms with Crippen molar-refractivity contribution in [1.29, 1.82) is 0 Å². The molecule has 3 heteroatoms. The third-order valence-electron chi connectivity index (χ3n) is 4.02. The summed E-state index contributed by atoms with van der Waals surface area (Å²) in [6.45, 7) is 2.24. The van der Waals surface area contributed by atoms with Gasteiger partial charge in [-0.05, 0) is 42.2 Å². The maximum atomic E-state index is 6.29. The molecule has 1 heterocycles. The van der Waals surface area contributed by atoms with Crippen molar-refractivity contribution in [2.75, 3.05) is 0 Å². The van der Waals surface area contributed by atoms with Gasteiger partial charge in [-0.25, -0.2) is 0 Å². The molecule has 1 aliphatic rings. The molecular weight excluding hydrogens is 356 g/mol. The zero-order chi connectivity index (χ0) is 15.4. The molecule has 0 amide bonds. The Morgan fingerprint density at radius 3 is 2.77 bits per heavy atom. The monoisotopic (exact) mass is 376 g/mol. The van der Waals surface area contributed by atoms with Crippen LogP contribution in [0.1, 0.15) is 30.9 Å².